The van der Waals surface area contributed by atoms with Gasteiger partial charge >= 0.3 is 0 Å². The lowest BCUT2D eigenvalue weighted by Gasteiger charge is -2.38. The Labute approximate surface area is 127 Å². The molecule has 1 aromatic heterocycles. The highest BCUT2D eigenvalue weighted by Crippen LogP contribution is 2.42. The highest BCUT2D eigenvalue weighted by atomic mass is 16.5. The van der Waals surface area contributed by atoms with E-state index in [1.807, 2.05) is 0 Å². The normalized spacial score (nSPS) is 21.9. The molecule has 0 saturated heterocycles. The molecule has 0 saturated carbocycles. The molecule has 1 N–H and O–H groups in total. The van der Waals surface area contributed by atoms with Crippen molar-refractivity contribution in [3.63, 3.8) is 0 Å². The third-order valence-electron chi connectivity index (χ3n) is 4.62. The van der Waals surface area contributed by atoms with Crippen LogP contribution in [-0.2, 0) is 16.8 Å². The zero-order valence-electron chi connectivity index (χ0n) is 13.4. The van der Waals surface area contributed by atoms with Crippen molar-refractivity contribution in [1.29, 1.82) is 0 Å². The van der Waals surface area contributed by atoms with Gasteiger partial charge in [0, 0.05) is 17.4 Å². The number of benzene rings is 1. The van der Waals surface area contributed by atoms with Gasteiger partial charge in [-0.3, -0.25) is 0 Å². The predicted molar refractivity (Wildman–Crippen MR) is 87.7 cm³/mol. The van der Waals surface area contributed by atoms with Crippen LogP contribution in [0.1, 0.15) is 37.4 Å². The Morgan fingerprint density at radius 3 is 2.81 bits per heavy atom. The lowest BCUT2D eigenvalue weighted by atomic mass is 9.84. The van der Waals surface area contributed by atoms with Crippen LogP contribution in [0.25, 0.3) is 10.9 Å². The standard InChI is InChI=1S/C18H26N2O/c1-4-10-18(11-12-20(2)3)17-15(9-13-21-18)14-7-5-6-8-16(14)19-17/h5-8,19H,4,9-13H2,1-3H3. The molecule has 0 aliphatic carbocycles. The summed E-state index contributed by atoms with van der Waals surface area (Å²) in [6.07, 6.45) is 4.29. The van der Waals surface area contributed by atoms with Crippen LogP contribution in [0, 0.1) is 0 Å². The summed E-state index contributed by atoms with van der Waals surface area (Å²) in [7, 11) is 4.27. The quantitative estimate of drug-likeness (QED) is 0.908. The van der Waals surface area contributed by atoms with Crippen LogP contribution in [0.5, 0.6) is 0 Å². The molecule has 0 radical (unpaired) electrons. The molecule has 3 rings (SSSR count). The fourth-order valence-electron chi connectivity index (χ4n) is 3.60. The van der Waals surface area contributed by atoms with Crippen molar-refractivity contribution < 1.29 is 4.74 Å². The van der Waals surface area contributed by atoms with E-state index >= 15 is 0 Å². The number of nitrogens with zero attached hydrogens (tertiary/aromatic N) is 1. The van der Waals surface area contributed by atoms with E-state index < -0.39 is 0 Å². The summed E-state index contributed by atoms with van der Waals surface area (Å²) in [6, 6.07) is 8.65. The molecule has 21 heavy (non-hydrogen) atoms. The van der Waals surface area contributed by atoms with Crippen molar-refractivity contribution in [2.75, 3.05) is 27.2 Å². The molecule has 1 aliphatic rings. The number of hydrogen-bond acceptors (Lipinski definition) is 2. The molecular formula is C18H26N2O. The number of hydrogen-bond donors (Lipinski definition) is 1. The van der Waals surface area contributed by atoms with Crippen molar-refractivity contribution >= 4 is 10.9 Å². The second-order valence-electron chi connectivity index (χ2n) is 6.42. The molecule has 1 unspecified atom stereocenters. The molecule has 1 atom stereocenters. The van der Waals surface area contributed by atoms with Crippen LogP contribution in [0.3, 0.4) is 0 Å². The van der Waals surface area contributed by atoms with E-state index in [0.29, 0.717) is 0 Å². The van der Waals surface area contributed by atoms with E-state index in [-0.39, 0.29) is 5.60 Å². The van der Waals surface area contributed by atoms with E-state index in [1.165, 1.54) is 22.2 Å². The fraction of sp³-hybridized carbons (Fsp3) is 0.556. The monoisotopic (exact) mass is 286 g/mol. The average molecular weight is 286 g/mol. The molecule has 0 amide bonds. The lowest BCUT2D eigenvalue weighted by Crippen LogP contribution is -2.38. The topological polar surface area (TPSA) is 28.3 Å². The molecule has 1 aromatic carbocycles. The number of para-hydroxylation sites is 1. The zero-order chi connectivity index (χ0) is 14.9. The number of nitrogens with one attached hydrogen (secondary N) is 1. The fourth-order valence-corrected chi connectivity index (χ4v) is 3.60. The number of aromatic amines is 1. The number of aromatic nitrogens is 1. The Balaban J connectivity index is 2.07. The van der Waals surface area contributed by atoms with Gasteiger partial charge in [0.1, 0.15) is 5.60 Å². The molecule has 3 nitrogen and oxygen atoms in total. The molecule has 1 aliphatic heterocycles. The van der Waals surface area contributed by atoms with Crippen LogP contribution in [-0.4, -0.2) is 37.1 Å². The molecule has 0 spiro atoms. The highest BCUT2D eigenvalue weighted by molar-refractivity contribution is 5.85. The third-order valence-corrected chi connectivity index (χ3v) is 4.62. The Hall–Kier alpha value is -1.32. The second-order valence-corrected chi connectivity index (χ2v) is 6.42. The molecular weight excluding hydrogens is 260 g/mol. The van der Waals surface area contributed by atoms with Crippen molar-refractivity contribution in [1.82, 2.24) is 9.88 Å². The van der Waals surface area contributed by atoms with Gasteiger partial charge in [-0.05, 0) is 45.0 Å². The Bertz CT molecular complexity index is 617. The minimum Gasteiger partial charge on any atom is -0.368 e. The van der Waals surface area contributed by atoms with Crippen molar-refractivity contribution in [2.45, 2.75) is 38.2 Å². The summed E-state index contributed by atoms with van der Waals surface area (Å²) in [6.45, 7) is 4.13. The first kappa shape index (κ1) is 14.6. The van der Waals surface area contributed by atoms with Gasteiger partial charge < -0.3 is 14.6 Å². The van der Waals surface area contributed by atoms with Crippen LogP contribution in [0.2, 0.25) is 0 Å². The summed E-state index contributed by atoms with van der Waals surface area (Å²) in [5.74, 6) is 0. The van der Waals surface area contributed by atoms with Gasteiger partial charge in [-0.25, -0.2) is 0 Å². The first-order valence-corrected chi connectivity index (χ1v) is 8.05. The average Bonchev–Trinajstić information content (AvgIpc) is 2.86. The highest BCUT2D eigenvalue weighted by Gasteiger charge is 2.39. The van der Waals surface area contributed by atoms with E-state index in [0.717, 1.165) is 38.8 Å². The second kappa shape index (κ2) is 5.82. The van der Waals surface area contributed by atoms with Crippen LogP contribution < -0.4 is 0 Å². The van der Waals surface area contributed by atoms with Gasteiger partial charge in [-0.15, -0.1) is 0 Å². The van der Waals surface area contributed by atoms with Crippen molar-refractivity contribution in [2.24, 2.45) is 0 Å². The predicted octanol–water partition coefficient (Wildman–Crippen LogP) is 3.69. The molecule has 0 bridgehead atoms. The lowest BCUT2D eigenvalue weighted by molar-refractivity contribution is -0.0784. The van der Waals surface area contributed by atoms with Gasteiger partial charge in [-0.2, -0.15) is 0 Å². The minimum atomic E-state index is -0.133. The van der Waals surface area contributed by atoms with Crippen LogP contribution in [0.4, 0.5) is 0 Å². The van der Waals surface area contributed by atoms with Crippen LogP contribution >= 0.6 is 0 Å². The van der Waals surface area contributed by atoms with Gasteiger partial charge in [0.25, 0.3) is 0 Å². The smallest absolute Gasteiger partial charge is 0.109 e. The van der Waals surface area contributed by atoms with E-state index in [1.54, 1.807) is 0 Å². The largest absolute Gasteiger partial charge is 0.368 e. The molecule has 114 valence electrons. The first-order valence-electron chi connectivity index (χ1n) is 8.05. The maximum absolute atomic E-state index is 6.35. The van der Waals surface area contributed by atoms with Crippen molar-refractivity contribution in [3.8, 4) is 0 Å². The van der Waals surface area contributed by atoms with Gasteiger partial charge in [0.05, 0.1) is 12.3 Å². The van der Waals surface area contributed by atoms with E-state index in [4.69, 9.17) is 4.74 Å². The maximum atomic E-state index is 6.35. The maximum Gasteiger partial charge on any atom is 0.109 e. The van der Waals surface area contributed by atoms with Crippen molar-refractivity contribution in [3.05, 3.63) is 35.5 Å². The molecule has 3 heteroatoms. The summed E-state index contributed by atoms with van der Waals surface area (Å²) in [4.78, 5) is 5.92. The summed E-state index contributed by atoms with van der Waals surface area (Å²) < 4.78 is 6.35. The minimum absolute atomic E-state index is 0.133. The molecule has 0 fully saturated rings. The first-order chi connectivity index (χ1) is 10.2. The number of ether oxygens (including phenoxy) is 1. The number of H-pyrrole nitrogens is 1. The number of rotatable bonds is 5. The van der Waals surface area contributed by atoms with Gasteiger partial charge in [0.15, 0.2) is 0 Å². The third kappa shape index (κ3) is 2.60. The number of fused-ring (bicyclic) bond motifs is 3. The zero-order valence-corrected chi connectivity index (χ0v) is 13.4. The SMILES string of the molecule is CCCC1(CCN(C)C)OCCc2c1[nH]c1ccccc21. The van der Waals surface area contributed by atoms with Crippen LogP contribution in [0.15, 0.2) is 24.3 Å². The summed E-state index contributed by atoms with van der Waals surface area (Å²) in [5.41, 5.74) is 3.92. The summed E-state index contributed by atoms with van der Waals surface area (Å²) in [5, 5.41) is 1.38. The molecule has 2 heterocycles. The van der Waals surface area contributed by atoms with E-state index in [2.05, 4.69) is 55.2 Å². The summed E-state index contributed by atoms with van der Waals surface area (Å²) >= 11 is 0. The van der Waals surface area contributed by atoms with E-state index in [9.17, 15) is 0 Å². The van der Waals surface area contributed by atoms with Gasteiger partial charge in [-0.1, -0.05) is 31.5 Å². The Kier molecular flexibility index (Phi) is 4.05. The Morgan fingerprint density at radius 1 is 1.24 bits per heavy atom. The molecule has 2 aromatic rings. The Morgan fingerprint density at radius 2 is 2.05 bits per heavy atom. The van der Waals surface area contributed by atoms with Gasteiger partial charge in [0.2, 0.25) is 0 Å².